The van der Waals surface area contributed by atoms with E-state index in [0.29, 0.717) is 45.1 Å². The molecule has 320 valence electrons. The number of quaternary nitrogens is 1. The summed E-state index contributed by atoms with van der Waals surface area (Å²) in [5.41, 5.74) is 0. The van der Waals surface area contributed by atoms with Crippen molar-refractivity contribution in [3.63, 3.8) is 0 Å². The fourth-order valence-corrected chi connectivity index (χ4v) is 6.85. The van der Waals surface area contributed by atoms with Gasteiger partial charge in [-0.2, -0.15) is 0 Å². The molecule has 0 fully saturated rings. The third kappa shape index (κ3) is 20.2. The van der Waals surface area contributed by atoms with Crippen molar-refractivity contribution >= 4 is 35.8 Å². The Morgan fingerprint density at radius 3 is 1.71 bits per heavy atom. The molecule has 1 rings (SSSR count). The Hall–Kier alpha value is -4.06. The number of hydrogen-bond acceptors (Lipinski definition) is 12. The largest absolute Gasteiger partial charge is 0.503 e. The highest BCUT2D eigenvalue weighted by Gasteiger charge is 2.37. The molecule has 11 atom stereocenters. The van der Waals surface area contributed by atoms with Gasteiger partial charge in [0.2, 0.25) is 0 Å². The van der Waals surface area contributed by atoms with E-state index in [0.717, 1.165) is 11.3 Å². The van der Waals surface area contributed by atoms with E-state index in [1.165, 1.54) is 0 Å². The van der Waals surface area contributed by atoms with Crippen molar-refractivity contribution in [2.24, 2.45) is 23.7 Å². The Morgan fingerprint density at radius 2 is 1.23 bits per heavy atom. The monoisotopic (exact) mass is 802 g/mol. The van der Waals surface area contributed by atoms with Gasteiger partial charge in [0.15, 0.2) is 5.76 Å². The van der Waals surface area contributed by atoms with E-state index in [9.17, 15) is 59.4 Å². The number of carbonyl (C=O) groups is 6. The Kier molecular flexibility index (Phi) is 23.2. The highest BCUT2D eigenvalue weighted by molar-refractivity contribution is 5.83. The lowest BCUT2D eigenvalue weighted by molar-refractivity contribution is -0.872. The summed E-state index contributed by atoms with van der Waals surface area (Å²) >= 11 is 0. The Balaban J connectivity index is 3.03. The summed E-state index contributed by atoms with van der Waals surface area (Å²) in [6, 6.07) is -0.261. The number of carbonyl (C=O) groups excluding carboxylic acids is 2. The van der Waals surface area contributed by atoms with E-state index in [2.05, 4.69) is 0 Å². The van der Waals surface area contributed by atoms with Gasteiger partial charge >= 0.3 is 35.8 Å². The summed E-state index contributed by atoms with van der Waals surface area (Å²) in [5, 5.41) is 79.1. The average molecular weight is 803 g/mol. The lowest BCUT2D eigenvalue weighted by Crippen LogP contribution is -3.12. The maximum Gasteiger partial charge on any atom is 0.307 e. The first-order valence-electron chi connectivity index (χ1n) is 19.5. The van der Waals surface area contributed by atoms with Gasteiger partial charge in [-0.05, 0) is 63.0 Å². The summed E-state index contributed by atoms with van der Waals surface area (Å²) in [7, 11) is 0. The number of aliphatic hydroxyl groups excluding tert-OH is 4. The maximum atomic E-state index is 13.1. The van der Waals surface area contributed by atoms with Gasteiger partial charge in [0.05, 0.1) is 49.7 Å². The molecule has 56 heavy (non-hydrogen) atoms. The second-order valence-corrected chi connectivity index (χ2v) is 15.3. The van der Waals surface area contributed by atoms with Gasteiger partial charge in [-0.15, -0.1) is 0 Å². The summed E-state index contributed by atoms with van der Waals surface area (Å²) in [6.45, 7) is 7.85. The summed E-state index contributed by atoms with van der Waals surface area (Å²) in [4.78, 5) is 72.9. The fraction of sp³-hybridized carbons (Fsp3) is 0.744. The van der Waals surface area contributed by atoms with Crippen LogP contribution < -0.4 is 4.90 Å². The van der Waals surface area contributed by atoms with E-state index in [1.807, 2.05) is 13.8 Å². The number of nitrogens with one attached hydrogen (secondary N) is 1. The summed E-state index contributed by atoms with van der Waals surface area (Å²) in [5.74, 6) is -11.9. The van der Waals surface area contributed by atoms with Crippen molar-refractivity contribution in [3.8, 4) is 0 Å². The van der Waals surface area contributed by atoms with E-state index in [4.69, 9.17) is 19.7 Å². The normalized spacial score (nSPS) is 19.5. The van der Waals surface area contributed by atoms with Gasteiger partial charge in [0, 0.05) is 6.42 Å². The van der Waals surface area contributed by atoms with Gasteiger partial charge in [-0.25, -0.2) is 0 Å². The summed E-state index contributed by atoms with van der Waals surface area (Å²) in [6.07, 6.45) is 1.07. The fourth-order valence-electron chi connectivity index (χ4n) is 6.85. The number of aliphatic carboxylic acids is 4. The Morgan fingerprint density at radius 1 is 0.714 bits per heavy atom. The highest BCUT2D eigenvalue weighted by atomic mass is 16.6. The zero-order valence-electron chi connectivity index (χ0n) is 33.0. The van der Waals surface area contributed by atoms with Crippen LogP contribution in [0.3, 0.4) is 0 Å². The molecule has 0 bridgehead atoms. The van der Waals surface area contributed by atoms with E-state index in [1.54, 1.807) is 32.2 Å². The molecule has 0 amide bonds. The van der Waals surface area contributed by atoms with Gasteiger partial charge in [-0.1, -0.05) is 46.5 Å². The predicted octanol–water partition coefficient (Wildman–Crippen LogP) is 2.46. The number of aliphatic hydroxyl groups is 4. The van der Waals surface area contributed by atoms with Crippen molar-refractivity contribution in [1.82, 2.24) is 0 Å². The highest BCUT2D eigenvalue weighted by Crippen LogP contribution is 2.29. The molecule has 1 aliphatic heterocycles. The smallest absolute Gasteiger partial charge is 0.307 e. The van der Waals surface area contributed by atoms with Crippen LogP contribution in [0, 0.1) is 23.7 Å². The molecule has 1 aliphatic rings. The third-order valence-electron chi connectivity index (χ3n) is 10.1. The molecule has 17 heteroatoms. The predicted molar refractivity (Wildman–Crippen MR) is 199 cm³/mol. The van der Waals surface area contributed by atoms with Crippen LogP contribution in [-0.4, -0.2) is 120 Å². The SMILES string of the molecule is CCCCC(C)C(OC(=O)CC(CC(=O)O)C(=O)O)C(CC(C)CC(O)CCCCC(O)CC(O)C(C)[NH+]1C=C(O)C=CC1)OC(=O)CC(CC(=O)O)C(=O)O. The van der Waals surface area contributed by atoms with Crippen LogP contribution in [0.15, 0.2) is 24.1 Å². The van der Waals surface area contributed by atoms with E-state index < -0.39 is 110 Å². The number of ether oxygens (including phenoxy) is 2. The van der Waals surface area contributed by atoms with Gasteiger partial charge < -0.3 is 50.3 Å². The second-order valence-electron chi connectivity index (χ2n) is 15.3. The lowest BCUT2D eigenvalue weighted by Gasteiger charge is -2.33. The minimum Gasteiger partial charge on any atom is -0.503 e. The molecule has 0 aromatic carbocycles. The van der Waals surface area contributed by atoms with Crippen molar-refractivity contribution in [2.75, 3.05) is 6.54 Å². The zero-order valence-corrected chi connectivity index (χ0v) is 33.0. The van der Waals surface area contributed by atoms with Crippen LogP contribution in [0.25, 0.3) is 0 Å². The number of carboxylic acid groups (broad SMARTS) is 4. The van der Waals surface area contributed by atoms with Gasteiger partial charge in [0.1, 0.15) is 37.1 Å². The van der Waals surface area contributed by atoms with Gasteiger partial charge in [-0.3, -0.25) is 33.7 Å². The molecule has 0 aliphatic carbocycles. The number of rotatable bonds is 30. The first kappa shape index (κ1) is 50.0. The number of allylic oxidation sites excluding steroid dienone is 1. The van der Waals surface area contributed by atoms with E-state index >= 15 is 0 Å². The molecule has 11 unspecified atom stereocenters. The molecule has 0 saturated carbocycles. The quantitative estimate of drug-likeness (QED) is 0.0372. The van der Waals surface area contributed by atoms with Crippen molar-refractivity contribution in [2.45, 2.75) is 154 Å². The molecular weight excluding hydrogens is 738 g/mol. The first-order chi connectivity index (χ1) is 26.2. The summed E-state index contributed by atoms with van der Waals surface area (Å²) < 4.78 is 11.5. The van der Waals surface area contributed by atoms with Crippen molar-refractivity contribution < 1.29 is 84.0 Å². The minimum absolute atomic E-state index is 0.0158. The topological polar surface area (TPSA) is 287 Å². The first-order valence-corrected chi connectivity index (χ1v) is 19.5. The standard InChI is InChI=1S/C39H63NO16/c1-5-6-10-24(3)37(56-36(50)20-27(39(53)54)18-34(47)48)32(55-35(49)19-26(38(51)52)17-33(45)46)16-23(2)15-28(41)11-7-8-12-29(42)21-31(44)25(4)40-14-9-13-30(43)22-40/h9,13,22-29,31-32,37,41-44H,5-8,10-12,14-21H2,1-4H3,(H,45,46)(H,47,48)(H,51,52)(H,53,54)/p+1. The van der Waals surface area contributed by atoms with Crippen LogP contribution in [-0.2, 0) is 38.2 Å². The number of unbranched alkanes of at least 4 members (excludes halogenated alkanes) is 2. The van der Waals surface area contributed by atoms with E-state index in [-0.39, 0.29) is 37.0 Å². The molecule has 1 heterocycles. The molecule has 0 aromatic rings. The van der Waals surface area contributed by atoms with Crippen LogP contribution in [0.5, 0.6) is 0 Å². The molecule has 0 radical (unpaired) electrons. The molecule has 9 N–H and O–H groups in total. The zero-order chi connectivity index (χ0) is 42.5. The lowest BCUT2D eigenvalue weighted by atomic mass is 9.87. The van der Waals surface area contributed by atoms with Crippen molar-refractivity contribution in [1.29, 1.82) is 0 Å². The third-order valence-corrected chi connectivity index (χ3v) is 10.1. The van der Waals surface area contributed by atoms with Crippen molar-refractivity contribution in [3.05, 3.63) is 24.1 Å². The van der Waals surface area contributed by atoms with Crippen LogP contribution in [0.1, 0.15) is 118 Å². The maximum absolute atomic E-state index is 13.1. The van der Waals surface area contributed by atoms with Crippen LogP contribution in [0.4, 0.5) is 0 Å². The molecule has 0 aromatic heterocycles. The second kappa shape index (κ2) is 26.0. The number of carboxylic acids is 4. The molecular formula is C39H64NO16+. The van der Waals surface area contributed by atoms with Gasteiger partial charge in [0.25, 0.3) is 0 Å². The molecule has 0 saturated heterocycles. The Labute approximate surface area is 328 Å². The van der Waals surface area contributed by atoms with Crippen LogP contribution in [0.2, 0.25) is 0 Å². The number of hydrogen-bond donors (Lipinski definition) is 9. The number of esters is 2. The molecule has 17 nitrogen and oxygen atoms in total. The minimum atomic E-state index is -1.60. The average Bonchev–Trinajstić information content (AvgIpc) is 3.09. The molecule has 0 spiro atoms. The Bertz CT molecular complexity index is 1330. The van der Waals surface area contributed by atoms with Crippen LogP contribution >= 0.6 is 0 Å².